The van der Waals surface area contributed by atoms with Crippen LogP contribution in [0.2, 0.25) is 0 Å². The number of carbonyl (C=O) groups excluding carboxylic acids is 1. The Bertz CT molecular complexity index is 1160. The fourth-order valence-corrected chi connectivity index (χ4v) is 2.83. The van der Waals surface area contributed by atoms with Crippen LogP contribution in [0.5, 0.6) is 5.75 Å². The standard InChI is InChI=1S/C23H16O5/c24-20-18-13-7-8-14-19(18)27-21(17-11-5-2-6-12-17)22(20)28-23(25)26-15-16-9-3-1-4-10-16/h1-14H,15H2. The highest BCUT2D eigenvalue weighted by Gasteiger charge is 2.21. The fraction of sp³-hybridized carbons (Fsp3) is 0.0435. The Balaban J connectivity index is 1.69. The normalized spacial score (nSPS) is 10.6. The summed E-state index contributed by atoms with van der Waals surface area (Å²) in [5.41, 5.74) is 1.42. The van der Waals surface area contributed by atoms with Crippen molar-refractivity contribution in [1.29, 1.82) is 0 Å². The van der Waals surface area contributed by atoms with Gasteiger partial charge in [0, 0.05) is 5.56 Å². The maximum atomic E-state index is 12.9. The monoisotopic (exact) mass is 372 g/mol. The number of para-hydroxylation sites is 1. The Morgan fingerprint density at radius 2 is 1.46 bits per heavy atom. The topological polar surface area (TPSA) is 65.7 Å². The van der Waals surface area contributed by atoms with Crippen LogP contribution in [0.1, 0.15) is 5.56 Å². The van der Waals surface area contributed by atoms with Gasteiger partial charge < -0.3 is 13.9 Å². The first kappa shape index (κ1) is 17.5. The lowest BCUT2D eigenvalue weighted by Gasteiger charge is -2.10. The van der Waals surface area contributed by atoms with Crippen LogP contribution in [-0.4, -0.2) is 6.16 Å². The SMILES string of the molecule is O=C(OCc1ccccc1)Oc1c(-c2ccccc2)oc2ccccc2c1=O. The van der Waals surface area contributed by atoms with E-state index in [2.05, 4.69) is 0 Å². The second-order valence-corrected chi connectivity index (χ2v) is 6.08. The first-order valence-electron chi connectivity index (χ1n) is 8.72. The Kier molecular flexibility index (Phi) is 4.89. The van der Waals surface area contributed by atoms with E-state index in [0.29, 0.717) is 16.5 Å². The third-order valence-electron chi connectivity index (χ3n) is 4.18. The first-order valence-corrected chi connectivity index (χ1v) is 8.72. The molecule has 5 nitrogen and oxygen atoms in total. The Hall–Kier alpha value is -3.86. The van der Waals surface area contributed by atoms with Crippen LogP contribution in [0.4, 0.5) is 4.79 Å². The zero-order chi connectivity index (χ0) is 19.3. The van der Waals surface area contributed by atoms with Gasteiger partial charge in [0.2, 0.25) is 11.2 Å². The third-order valence-corrected chi connectivity index (χ3v) is 4.18. The van der Waals surface area contributed by atoms with Crippen molar-refractivity contribution in [3.05, 3.63) is 101 Å². The second kappa shape index (κ2) is 7.80. The van der Waals surface area contributed by atoms with Gasteiger partial charge in [-0.25, -0.2) is 4.79 Å². The minimum absolute atomic E-state index is 0.0409. The molecule has 3 aromatic carbocycles. The van der Waals surface area contributed by atoms with Crippen LogP contribution in [0.15, 0.2) is 94.1 Å². The molecule has 0 N–H and O–H groups in total. The molecule has 138 valence electrons. The molecule has 0 aliphatic carbocycles. The summed E-state index contributed by atoms with van der Waals surface area (Å²) in [6.45, 7) is 0.0409. The lowest BCUT2D eigenvalue weighted by atomic mass is 10.1. The summed E-state index contributed by atoms with van der Waals surface area (Å²) in [5, 5.41) is 0.327. The second-order valence-electron chi connectivity index (χ2n) is 6.08. The molecule has 0 radical (unpaired) electrons. The molecule has 0 atom stereocenters. The van der Waals surface area contributed by atoms with Gasteiger partial charge in [-0.05, 0) is 17.7 Å². The van der Waals surface area contributed by atoms with E-state index in [1.54, 1.807) is 36.4 Å². The van der Waals surface area contributed by atoms with Gasteiger partial charge in [-0.15, -0.1) is 0 Å². The van der Waals surface area contributed by atoms with E-state index in [4.69, 9.17) is 13.9 Å². The zero-order valence-electron chi connectivity index (χ0n) is 14.8. The average molecular weight is 372 g/mol. The van der Waals surface area contributed by atoms with E-state index in [-0.39, 0.29) is 18.1 Å². The summed E-state index contributed by atoms with van der Waals surface area (Å²) < 4.78 is 16.3. The van der Waals surface area contributed by atoms with Gasteiger partial charge >= 0.3 is 6.16 Å². The summed E-state index contributed by atoms with van der Waals surface area (Å²) >= 11 is 0. The Morgan fingerprint density at radius 3 is 2.21 bits per heavy atom. The molecule has 1 heterocycles. The summed E-state index contributed by atoms with van der Waals surface area (Å²) in [5.74, 6) is -0.0103. The molecule has 0 amide bonds. The number of fused-ring (bicyclic) bond motifs is 1. The molecule has 0 aliphatic heterocycles. The molecule has 0 unspecified atom stereocenters. The summed E-state index contributed by atoms with van der Waals surface area (Å²) in [7, 11) is 0. The van der Waals surface area contributed by atoms with Crippen LogP contribution >= 0.6 is 0 Å². The van der Waals surface area contributed by atoms with Crippen LogP contribution < -0.4 is 10.2 Å². The first-order chi connectivity index (χ1) is 13.7. The van der Waals surface area contributed by atoms with Gasteiger partial charge in [-0.2, -0.15) is 0 Å². The van der Waals surface area contributed by atoms with E-state index in [1.807, 2.05) is 48.5 Å². The van der Waals surface area contributed by atoms with Crippen molar-refractivity contribution in [3.63, 3.8) is 0 Å². The van der Waals surface area contributed by atoms with Crippen LogP contribution in [0.3, 0.4) is 0 Å². The third kappa shape index (κ3) is 3.64. The molecule has 0 saturated heterocycles. The van der Waals surface area contributed by atoms with Crippen LogP contribution in [-0.2, 0) is 11.3 Å². The van der Waals surface area contributed by atoms with Crippen LogP contribution in [0, 0.1) is 0 Å². The number of ether oxygens (including phenoxy) is 2. The molecular weight excluding hydrogens is 356 g/mol. The highest BCUT2D eigenvalue weighted by atomic mass is 16.7. The summed E-state index contributed by atoms with van der Waals surface area (Å²) in [6.07, 6.45) is -0.969. The molecule has 0 aliphatic rings. The summed E-state index contributed by atoms with van der Waals surface area (Å²) in [6, 6.07) is 25.0. The number of rotatable bonds is 4. The van der Waals surface area contributed by atoms with Crippen molar-refractivity contribution >= 4 is 17.1 Å². The molecule has 5 heteroatoms. The fourth-order valence-electron chi connectivity index (χ4n) is 2.83. The average Bonchev–Trinajstić information content (AvgIpc) is 2.75. The minimum atomic E-state index is -0.969. The molecule has 0 spiro atoms. The van der Waals surface area contributed by atoms with Gasteiger partial charge in [-0.1, -0.05) is 72.8 Å². The number of carbonyl (C=O) groups is 1. The highest BCUT2D eigenvalue weighted by molar-refractivity contribution is 5.83. The minimum Gasteiger partial charge on any atom is -0.452 e. The molecule has 28 heavy (non-hydrogen) atoms. The lowest BCUT2D eigenvalue weighted by molar-refractivity contribution is 0.0920. The Morgan fingerprint density at radius 1 is 0.821 bits per heavy atom. The van der Waals surface area contributed by atoms with Crippen molar-refractivity contribution in [2.45, 2.75) is 6.61 Å². The maximum Gasteiger partial charge on any atom is 0.514 e. The predicted molar refractivity (Wildman–Crippen MR) is 105 cm³/mol. The van der Waals surface area contributed by atoms with Gasteiger partial charge in [0.25, 0.3) is 0 Å². The van der Waals surface area contributed by atoms with Gasteiger partial charge in [0.15, 0.2) is 5.76 Å². The lowest BCUT2D eigenvalue weighted by Crippen LogP contribution is -2.17. The maximum absolute atomic E-state index is 12.9. The largest absolute Gasteiger partial charge is 0.514 e. The molecule has 0 bridgehead atoms. The van der Waals surface area contributed by atoms with Crippen molar-refractivity contribution in [3.8, 4) is 17.1 Å². The quantitative estimate of drug-likeness (QED) is 0.462. The van der Waals surface area contributed by atoms with E-state index in [9.17, 15) is 9.59 Å². The number of benzene rings is 3. The Labute approximate surface area is 160 Å². The number of hydrogen-bond donors (Lipinski definition) is 0. The molecular formula is C23H16O5. The predicted octanol–water partition coefficient (Wildman–Crippen LogP) is 5.18. The van der Waals surface area contributed by atoms with E-state index >= 15 is 0 Å². The summed E-state index contributed by atoms with van der Waals surface area (Å²) in [4.78, 5) is 25.2. The zero-order valence-corrected chi connectivity index (χ0v) is 14.8. The van der Waals surface area contributed by atoms with E-state index in [1.165, 1.54) is 0 Å². The number of hydrogen-bond acceptors (Lipinski definition) is 5. The van der Waals surface area contributed by atoms with Crippen molar-refractivity contribution in [2.24, 2.45) is 0 Å². The molecule has 0 fully saturated rings. The van der Waals surface area contributed by atoms with Gasteiger partial charge in [-0.3, -0.25) is 4.79 Å². The van der Waals surface area contributed by atoms with E-state index in [0.717, 1.165) is 5.56 Å². The molecule has 4 aromatic rings. The van der Waals surface area contributed by atoms with Crippen molar-refractivity contribution in [2.75, 3.05) is 0 Å². The molecule has 1 aromatic heterocycles. The molecule has 4 rings (SSSR count). The van der Waals surface area contributed by atoms with Crippen molar-refractivity contribution < 1.29 is 18.7 Å². The molecule has 0 saturated carbocycles. The van der Waals surface area contributed by atoms with Gasteiger partial charge in [0.1, 0.15) is 12.2 Å². The smallest absolute Gasteiger partial charge is 0.452 e. The highest BCUT2D eigenvalue weighted by Crippen LogP contribution is 2.30. The van der Waals surface area contributed by atoms with Crippen molar-refractivity contribution in [1.82, 2.24) is 0 Å². The van der Waals surface area contributed by atoms with Gasteiger partial charge in [0.05, 0.1) is 5.39 Å². The van der Waals surface area contributed by atoms with E-state index < -0.39 is 11.6 Å². The van der Waals surface area contributed by atoms with Crippen LogP contribution in [0.25, 0.3) is 22.3 Å².